The van der Waals surface area contributed by atoms with E-state index >= 15 is 0 Å². The summed E-state index contributed by atoms with van der Waals surface area (Å²) in [6, 6.07) is 7.28. The van der Waals surface area contributed by atoms with Crippen molar-refractivity contribution in [1.82, 2.24) is 9.62 Å². The molecule has 8 heteroatoms. The second-order valence-corrected chi connectivity index (χ2v) is 8.63. The zero-order valence-electron chi connectivity index (χ0n) is 13.8. The number of hydrogen-bond acceptors (Lipinski definition) is 4. The van der Waals surface area contributed by atoms with E-state index < -0.39 is 33.4 Å². The van der Waals surface area contributed by atoms with Gasteiger partial charge < -0.3 is 10.4 Å². The molecule has 1 unspecified atom stereocenters. The molecule has 0 bridgehead atoms. The highest BCUT2D eigenvalue weighted by Gasteiger charge is 2.50. The normalized spacial score (nSPS) is 23.0. The van der Waals surface area contributed by atoms with Crippen molar-refractivity contribution in [3.63, 3.8) is 0 Å². The van der Waals surface area contributed by atoms with Crippen molar-refractivity contribution in [2.45, 2.75) is 43.0 Å². The Hall–Kier alpha value is -1.93. The molecule has 3 rings (SSSR count). The number of carboxylic acids is 1. The largest absolute Gasteiger partial charge is 0.481 e. The van der Waals surface area contributed by atoms with Crippen LogP contribution in [0.15, 0.2) is 35.2 Å². The van der Waals surface area contributed by atoms with E-state index in [1.165, 1.54) is 16.4 Å². The number of nitrogens with zero attached hydrogens (tertiary/aromatic N) is 1. The zero-order chi connectivity index (χ0) is 18.1. The average Bonchev–Trinajstić information content (AvgIpc) is 3.42. The third-order valence-corrected chi connectivity index (χ3v) is 6.94. The first-order chi connectivity index (χ1) is 11.9. The van der Waals surface area contributed by atoms with Gasteiger partial charge in [0.2, 0.25) is 15.9 Å². The smallest absolute Gasteiger partial charge is 0.311 e. The minimum absolute atomic E-state index is 0.0525. The molecule has 1 aromatic carbocycles. The highest BCUT2D eigenvalue weighted by molar-refractivity contribution is 7.89. The lowest BCUT2D eigenvalue weighted by atomic mass is 10.0. The number of piperidine rings is 1. The summed E-state index contributed by atoms with van der Waals surface area (Å²) in [4.78, 5) is 24.0. The number of carbonyl (C=O) groups excluding carboxylic acids is 1. The van der Waals surface area contributed by atoms with Crippen molar-refractivity contribution in [1.29, 1.82) is 0 Å². The molecule has 2 fully saturated rings. The molecule has 0 aromatic heterocycles. The number of carboxylic acid groups (broad SMARTS) is 1. The van der Waals surface area contributed by atoms with Gasteiger partial charge in [0.15, 0.2) is 0 Å². The number of sulfonamides is 1. The molecule has 0 radical (unpaired) electrons. The fourth-order valence-corrected chi connectivity index (χ4v) is 4.85. The summed E-state index contributed by atoms with van der Waals surface area (Å²) in [5.41, 5.74) is -0.868. The molecule has 1 saturated carbocycles. The topological polar surface area (TPSA) is 104 Å². The quantitative estimate of drug-likeness (QED) is 0.788. The lowest BCUT2D eigenvalue weighted by molar-refractivity contribution is -0.143. The van der Waals surface area contributed by atoms with E-state index in [0.717, 1.165) is 6.42 Å². The summed E-state index contributed by atoms with van der Waals surface area (Å²) >= 11 is 0. The molecule has 1 saturated heterocycles. The number of rotatable bonds is 6. The Morgan fingerprint density at radius 2 is 1.88 bits per heavy atom. The lowest BCUT2D eigenvalue weighted by Crippen LogP contribution is -2.52. The average molecular weight is 366 g/mol. The van der Waals surface area contributed by atoms with E-state index in [9.17, 15) is 23.1 Å². The Balaban J connectivity index is 1.75. The molecule has 1 aliphatic carbocycles. The molecule has 0 spiro atoms. The number of benzene rings is 1. The standard InChI is InChI=1S/C17H22N2O5S/c20-15(18-12-17(9-10-17)16(21)22)14-8-4-5-11-19(14)25(23,24)13-6-2-1-3-7-13/h1-3,6-7,14H,4-5,8-12H2,(H,18,20)(H,21,22). The van der Waals surface area contributed by atoms with Gasteiger partial charge in [-0.3, -0.25) is 9.59 Å². The maximum Gasteiger partial charge on any atom is 0.311 e. The van der Waals surface area contributed by atoms with Gasteiger partial charge >= 0.3 is 5.97 Å². The molecule has 25 heavy (non-hydrogen) atoms. The number of hydrogen-bond donors (Lipinski definition) is 2. The van der Waals surface area contributed by atoms with Crippen LogP contribution in [-0.2, 0) is 19.6 Å². The maximum absolute atomic E-state index is 12.9. The molecule has 1 aromatic rings. The van der Waals surface area contributed by atoms with Crippen molar-refractivity contribution in [2.75, 3.05) is 13.1 Å². The summed E-state index contributed by atoms with van der Waals surface area (Å²) < 4.78 is 27.0. The fourth-order valence-electron chi connectivity index (χ4n) is 3.17. The van der Waals surface area contributed by atoms with Crippen LogP contribution >= 0.6 is 0 Å². The predicted octanol–water partition coefficient (Wildman–Crippen LogP) is 1.21. The Labute approximate surface area is 147 Å². The summed E-state index contributed by atoms with van der Waals surface area (Å²) in [6.45, 7) is 0.344. The van der Waals surface area contributed by atoms with Crippen molar-refractivity contribution < 1.29 is 23.1 Å². The van der Waals surface area contributed by atoms with Crippen molar-refractivity contribution >= 4 is 21.9 Å². The third kappa shape index (κ3) is 3.55. The Bertz CT molecular complexity index is 759. The van der Waals surface area contributed by atoms with Crippen LogP contribution in [0, 0.1) is 5.41 Å². The Morgan fingerprint density at radius 3 is 2.48 bits per heavy atom. The number of amides is 1. The SMILES string of the molecule is O=C(NCC1(C(=O)O)CC1)C1CCCCN1S(=O)(=O)c1ccccc1. The van der Waals surface area contributed by atoms with Crippen LogP contribution in [0.4, 0.5) is 0 Å². The minimum atomic E-state index is -3.75. The molecule has 1 aliphatic heterocycles. The van der Waals surface area contributed by atoms with Crippen LogP contribution in [0.5, 0.6) is 0 Å². The highest BCUT2D eigenvalue weighted by Crippen LogP contribution is 2.45. The summed E-state index contributed by atoms with van der Waals surface area (Å²) in [5.74, 6) is -1.32. The molecule has 2 aliphatic rings. The van der Waals surface area contributed by atoms with Crippen molar-refractivity contribution in [3.05, 3.63) is 30.3 Å². The molecular formula is C17H22N2O5S. The first-order valence-corrected chi connectivity index (χ1v) is 9.89. The van der Waals surface area contributed by atoms with E-state index in [-0.39, 0.29) is 11.4 Å². The predicted molar refractivity (Wildman–Crippen MR) is 90.3 cm³/mol. The van der Waals surface area contributed by atoms with Gasteiger partial charge in [0.1, 0.15) is 6.04 Å². The maximum atomic E-state index is 12.9. The lowest BCUT2D eigenvalue weighted by Gasteiger charge is -2.33. The Kier molecular flexibility index (Phi) is 4.83. The van der Waals surface area contributed by atoms with Gasteiger partial charge in [-0.2, -0.15) is 4.31 Å². The van der Waals surface area contributed by atoms with E-state index in [0.29, 0.717) is 32.2 Å². The van der Waals surface area contributed by atoms with Crippen LogP contribution in [0.1, 0.15) is 32.1 Å². The van der Waals surface area contributed by atoms with Gasteiger partial charge in [-0.1, -0.05) is 24.6 Å². The van der Waals surface area contributed by atoms with Crippen molar-refractivity contribution in [2.24, 2.45) is 5.41 Å². The first-order valence-electron chi connectivity index (χ1n) is 8.45. The molecule has 7 nitrogen and oxygen atoms in total. The van der Waals surface area contributed by atoms with Crippen LogP contribution in [0.3, 0.4) is 0 Å². The second kappa shape index (κ2) is 6.76. The van der Waals surface area contributed by atoms with Gasteiger partial charge in [-0.05, 0) is 37.8 Å². The van der Waals surface area contributed by atoms with Crippen LogP contribution in [0.25, 0.3) is 0 Å². The molecular weight excluding hydrogens is 344 g/mol. The number of aliphatic carboxylic acids is 1. The minimum Gasteiger partial charge on any atom is -0.481 e. The van der Waals surface area contributed by atoms with Gasteiger partial charge in [0.25, 0.3) is 0 Å². The van der Waals surface area contributed by atoms with E-state index in [1.807, 2.05) is 0 Å². The summed E-state index contributed by atoms with van der Waals surface area (Å²) in [6.07, 6.45) is 2.99. The summed E-state index contributed by atoms with van der Waals surface area (Å²) in [5, 5.41) is 11.9. The fraction of sp³-hybridized carbons (Fsp3) is 0.529. The molecule has 1 atom stereocenters. The monoisotopic (exact) mass is 366 g/mol. The number of nitrogens with one attached hydrogen (secondary N) is 1. The van der Waals surface area contributed by atoms with Gasteiger partial charge in [0.05, 0.1) is 10.3 Å². The Morgan fingerprint density at radius 1 is 1.20 bits per heavy atom. The molecule has 2 N–H and O–H groups in total. The van der Waals surface area contributed by atoms with Crippen LogP contribution < -0.4 is 5.32 Å². The highest BCUT2D eigenvalue weighted by atomic mass is 32.2. The van der Waals surface area contributed by atoms with E-state index in [2.05, 4.69) is 5.32 Å². The van der Waals surface area contributed by atoms with Crippen LogP contribution in [-0.4, -0.2) is 48.8 Å². The zero-order valence-corrected chi connectivity index (χ0v) is 14.7. The third-order valence-electron chi connectivity index (χ3n) is 5.01. The number of carbonyl (C=O) groups is 2. The van der Waals surface area contributed by atoms with Crippen LogP contribution in [0.2, 0.25) is 0 Å². The molecule has 1 amide bonds. The van der Waals surface area contributed by atoms with E-state index in [1.54, 1.807) is 18.2 Å². The molecule has 136 valence electrons. The van der Waals surface area contributed by atoms with Gasteiger partial charge in [0, 0.05) is 13.1 Å². The summed E-state index contributed by atoms with van der Waals surface area (Å²) in [7, 11) is -3.75. The molecule has 1 heterocycles. The first kappa shape index (κ1) is 17.9. The second-order valence-electron chi connectivity index (χ2n) is 6.74. The van der Waals surface area contributed by atoms with Gasteiger partial charge in [-0.15, -0.1) is 0 Å². The van der Waals surface area contributed by atoms with Crippen molar-refractivity contribution in [3.8, 4) is 0 Å². The van der Waals surface area contributed by atoms with Gasteiger partial charge in [-0.25, -0.2) is 8.42 Å². The van der Waals surface area contributed by atoms with E-state index in [4.69, 9.17) is 0 Å².